The molecule has 13 heavy (non-hydrogen) atoms. The molecule has 2 N–H and O–H groups in total. The second-order valence-electron chi connectivity index (χ2n) is 3.43. The summed E-state index contributed by atoms with van der Waals surface area (Å²) in [4.78, 5) is 0. The lowest BCUT2D eigenvalue weighted by Crippen LogP contribution is -2.10. The Kier molecular flexibility index (Phi) is 3.32. The van der Waals surface area contributed by atoms with E-state index in [-0.39, 0.29) is 6.10 Å². The highest BCUT2D eigenvalue weighted by Crippen LogP contribution is 2.23. The zero-order valence-electron chi connectivity index (χ0n) is 8.50. The molecule has 2 nitrogen and oxygen atoms in total. The van der Waals surface area contributed by atoms with Crippen LogP contribution in [0.25, 0.3) is 0 Å². The summed E-state index contributed by atoms with van der Waals surface area (Å²) in [6, 6.07) is 6.05. The Balaban J connectivity index is 3.00. The summed E-state index contributed by atoms with van der Waals surface area (Å²) in [6.07, 6.45) is 0.200. The van der Waals surface area contributed by atoms with E-state index >= 15 is 0 Å². The lowest BCUT2D eigenvalue weighted by molar-refractivity contribution is 0.238. The molecule has 1 aromatic carbocycles. The van der Waals surface area contributed by atoms with Crippen LogP contribution in [0.2, 0.25) is 0 Å². The van der Waals surface area contributed by atoms with E-state index in [1.165, 1.54) is 0 Å². The first-order valence-electron chi connectivity index (χ1n) is 4.60. The molecular formula is C11H17NO. The van der Waals surface area contributed by atoms with E-state index in [0.29, 0.717) is 6.54 Å². The van der Waals surface area contributed by atoms with Gasteiger partial charge in [0.05, 0.1) is 6.10 Å². The molecule has 0 unspecified atom stereocenters. The average Bonchev–Trinajstić information content (AvgIpc) is 2.08. The van der Waals surface area contributed by atoms with E-state index in [2.05, 4.69) is 0 Å². The third-order valence-corrected chi connectivity index (χ3v) is 1.87. The van der Waals surface area contributed by atoms with Gasteiger partial charge in [0.2, 0.25) is 0 Å². The molecule has 0 amide bonds. The topological polar surface area (TPSA) is 35.2 Å². The summed E-state index contributed by atoms with van der Waals surface area (Å²) in [7, 11) is 0. The van der Waals surface area contributed by atoms with E-state index < -0.39 is 0 Å². The molecule has 0 saturated heterocycles. The summed E-state index contributed by atoms with van der Waals surface area (Å²) in [5.41, 5.74) is 7.84. The van der Waals surface area contributed by atoms with E-state index in [4.69, 9.17) is 10.5 Å². The summed E-state index contributed by atoms with van der Waals surface area (Å²) >= 11 is 0. The summed E-state index contributed by atoms with van der Waals surface area (Å²) in [5.74, 6) is 0.944. The Bertz CT molecular complexity index is 281. The molecule has 0 aliphatic heterocycles. The van der Waals surface area contributed by atoms with Crippen LogP contribution in [-0.2, 0) is 6.54 Å². The summed E-state index contributed by atoms with van der Waals surface area (Å²) in [5, 5.41) is 0. The third-order valence-electron chi connectivity index (χ3n) is 1.87. The van der Waals surface area contributed by atoms with Gasteiger partial charge in [-0.3, -0.25) is 0 Å². The number of nitrogens with two attached hydrogens (primary N) is 1. The number of rotatable bonds is 3. The van der Waals surface area contributed by atoms with Gasteiger partial charge >= 0.3 is 0 Å². The fraction of sp³-hybridized carbons (Fsp3) is 0.455. The van der Waals surface area contributed by atoms with Gasteiger partial charge in [-0.05, 0) is 26.3 Å². The summed E-state index contributed by atoms with van der Waals surface area (Å²) < 4.78 is 5.69. The quantitative estimate of drug-likeness (QED) is 0.772. The molecule has 0 saturated carbocycles. The van der Waals surface area contributed by atoms with E-state index in [9.17, 15) is 0 Å². The highest BCUT2D eigenvalue weighted by molar-refractivity contribution is 5.40. The number of ether oxygens (including phenoxy) is 1. The number of benzene rings is 1. The first-order valence-corrected chi connectivity index (χ1v) is 4.60. The molecule has 0 heterocycles. The SMILES string of the molecule is Cc1cccc(CN)c1OC(C)C. The maximum atomic E-state index is 5.69. The molecular weight excluding hydrogens is 162 g/mol. The van der Waals surface area contributed by atoms with Crippen molar-refractivity contribution in [1.29, 1.82) is 0 Å². The summed E-state index contributed by atoms with van der Waals surface area (Å²) in [6.45, 7) is 6.61. The van der Waals surface area contributed by atoms with E-state index in [1.54, 1.807) is 0 Å². The maximum absolute atomic E-state index is 5.69. The van der Waals surface area contributed by atoms with Gasteiger partial charge in [-0.15, -0.1) is 0 Å². The minimum Gasteiger partial charge on any atom is -0.490 e. The van der Waals surface area contributed by atoms with Crippen LogP contribution in [0.3, 0.4) is 0 Å². The molecule has 0 fully saturated rings. The molecule has 0 bridgehead atoms. The number of hydrogen-bond acceptors (Lipinski definition) is 2. The fourth-order valence-corrected chi connectivity index (χ4v) is 1.28. The van der Waals surface area contributed by atoms with Crippen LogP contribution in [0.1, 0.15) is 25.0 Å². The lowest BCUT2D eigenvalue weighted by atomic mass is 10.1. The largest absolute Gasteiger partial charge is 0.490 e. The Hall–Kier alpha value is -1.02. The van der Waals surface area contributed by atoms with Gasteiger partial charge in [-0.1, -0.05) is 18.2 Å². The molecule has 0 atom stereocenters. The van der Waals surface area contributed by atoms with Gasteiger partial charge in [-0.2, -0.15) is 0 Å². The standard InChI is InChI=1S/C11H17NO/c1-8(2)13-11-9(3)5-4-6-10(11)7-12/h4-6,8H,7,12H2,1-3H3. The van der Waals surface area contributed by atoms with Crippen molar-refractivity contribution >= 4 is 0 Å². The Labute approximate surface area is 79.7 Å². The zero-order chi connectivity index (χ0) is 9.84. The molecule has 1 rings (SSSR count). The van der Waals surface area contributed by atoms with Crippen molar-refractivity contribution in [3.8, 4) is 5.75 Å². The van der Waals surface area contributed by atoms with Crippen molar-refractivity contribution in [2.24, 2.45) is 5.73 Å². The molecule has 1 aromatic rings. The smallest absolute Gasteiger partial charge is 0.127 e. The molecule has 0 aliphatic rings. The molecule has 72 valence electrons. The number of para-hydroxylation sites is 1. The van der Waals surface area contributed by atoms with Crippen molar-refractivity contribution in [2.45, 2.75) is 33.4 Å². The normalized spacial score (nSPS) is 10.5. The van der Waals surface area contributed by atoms with Gasteiger partial charge < -0.3 is 10.5 Å². The zero-order valence-corrected chi connectivity index (χ0v) is 8.50. The van der Waals surface area contributed by atoms with E-state index in [0.717, 1.165) is 16.9 Å². The fourth-order valence-electron chi connectivity index (χ4n) is 1.28. The van der Waals surface area contributed by atoms with Crippen molar-refractivity contribution in [1.82, 2.24) is 0 Å². The van der Waals surface area contributed by atoms with Gasteiger partial charge in [-0.25, -0.2) is 0 Å². The number of hydrogen-bond donors (Lipinski definition) is 1. The molecule has 0 aliphatic carbocycles. The van der Waals surface area contributed by atoms with Gasteiger partial charge in [0.25, 0.3) is 0 Å². The van der Waals surface area contributed by atoms with Crippen LogP contribution >= 0.6 is 0 Å². The Morgan fingerprint density at radius 1 is 1.38 bits per heavy atom. The third kappa shape index (κ3) is 2.46. The molecule has 2 heteroatoms. The van der Waals surface area contributed by atoms with Crippen LogP contribution in [0.4, 0.5) is 0 Å². The van der Waals surface area contributed by atoms with E-state index in [1.807, 2.05) is 39.0 Å². The molecule has 0 radical (unpaired) electrons. The second-order valence-corrected chi connectivity index (χ2v) is 3.43. The van der Waals surface area contributed by atoms with Crippen LogP contribution in [-0.4, -0.2) is 6.10 Å². The highest BCUT2D eigenvalue weighted by atomic mass is 16.5. The van der Waals surface area contributed by atoms with Crippen LogP contribution < -0.4 is 10.5 Å². The minimum atomic E-state index is 0.200. The maximum Gasteiger partial charge on any atom is 0.127 e. The van der Waals surface area contributed by atoms with Crippen LogP contribution in [0.5, 0.6) is 5.75 Å². The van der Waals surface area contributed by atoms with Crippen molar-refractivity contribution in [3.05, 3.63) is 29.3 Å². The van der Waals surface area contributed by atoms with Crippen LogP contribution in [0, 0.1) is 6.92 Å². The highest BCUT2D eigenvalue weighted by Gasteiger charge is 2.06. The first kappa shape index (κ1) is 10.1. The molecule has 0 spiro atoms. The van der Waals surface area contributed by atoms with Crippen molar-refractivity contribution in [3.63, 3.8) is 0 Å². The van der Waals surface area contributed by atoms with Crippen molar-refractivity contribution in [2.75, 3.05) is 0 Å². The predicted molar refractivity (Wildman–Crippen MR) is 54.8 cm³/mol. The van der Waals surface area contributed by atoms with Gasteiger partial charge in [0, 0.05) is 12.1 Å². The minimum absolute atomic E-state index is 0.200. The van der Waals surface area contributed by atoms with Gasteiger partial charge in [0.1, 0.15) is 5.75 Å². The number of aryl methyl sites for hydroxylation is 1. The second kappa shape index (κ2) is 4.28. The monoisotopic (exact) mass is 179 g/mol. The van der Waals surface area contributed by atoms with Crippen molar-refractivity contribution < 1.29 is 4.74 Å². The lowest BCUT2D eigenvalue weighted by Gasteiger charge is -2.15. The van der Waals surface area contributed by atoms with Crippen LogP contribution in [0.15, 0.2) is 18.2 Å². The Morgan fingerprint density at radius 2 is 2.08 bits per heavy atom. The first-order chi connectivity index (χ1) is 6.15. The van der Waals surface area contributed by atoms with Gasteiger partial charge in [0.15, 0.2) is 0 Å². The molecule has 0 aromatic heterocycles. The average molecular weight is 179 g/mol. The Morgan fingerprint density at radius 3 is 2.62 bits per heavy atom. The predicted octanol–water partition coefficient (Wildman–Crippen LogP) is 2.24.